The number of anilines is 12. The van der Waals surface area contributed by atoms with Crippen molar-refractivity contribution in [1.29, 1.82) is 0 Å². The Labute approximate surface area is 723 Å². The van der Waals surface area contributed by atoms with Crippen molar-refractivity contribution in [3.63, 3.8) is 0 Å². The van der Waals surface area contributed by atoms with Crippen LogP contribution in [0.15, 0.2) is 231 Å². The van der Waals surface area contributed by atoms with Crippen LogP contribution < -0.4 is 65.5 Å². The van der Waals surface area contributed by atoms with E-state index in [1.165, 1.54) is 24.3 Å². The highest BCUT2D eigenvalue weighted by atomic mass is 19.4. The van der Waals surface area contributed by atoms with Crippen molar-refractivity contribution in [3.05, 3.63) is 265 Å². The molecule has 0 saturated heterocycles. The van der Waals surface area contributed by atoms with Gasteiger partial charge in [0.15, 0.2) is 34.2 Å². The zero-order chi connectivity index (χ0) is 93.3. The van der Waals surface area contributed by atoms with E-state index in [4.69, 9.17) is 42.7 Å². The van der Waals surface area contributed by atoms with Crippen LogP contribution >= 0.6 is 0 Å². The van der Waals surface area contributed by atoms with Crippen molar-refractivity contribution >= 4 is 149 Å². The molecular formula is C87H76F10N24O8. The quantitative estimate of drug-likeness (QED) is 0.0505. The number of nitrogen functional groups attached to an aromatic ring is 4. The number of hydrogen-bond donors (Lipinski definition) is 16. The molecule has 8 aromatic carbocycles. The third kappa shape index (κ3) is 24.4. The molecule has 32 nitrogen and oxygen atoms in total. The van der Waals surface area contributed by atoms with Crippen LogP contribution in [0.2, 0.25) is 0 Å². The summed E-state index contributed by atoms with van der Waals surface area (Å²) >= 11 is 0. The fourth-order valence-electron chi connectivity index (χ4n) is 12.7. The fourth-order valence-corrected chi connectivity index (χ4v) is 12.7. The van der Waals surface area contributed by atoms with E-state index in [1.807, 2.05) is 149 Å². The summed E-state index contributed by atoms with van der Waals surface area (Å²) in [6.07, 6.45) is -7.89. The van der Waals surface area contributed by atoms with E-state index in [2.05, 4.69) is 99.1 Å². The van der Waals surface area contributed by atoms with Crippen molar-refractivity contribution in [1.82, 2.24) is 59.9 Å². The number of fused-ring (bicyclic) bond motifs is 4. The fraction of sp³-hybridized carbons (Fsp3) is 0.103. The zero-order valence-electron chi connectivity index (χ0n) is 68.3. The van der Waals surface area contributed by atoms with Crippen LogP contribution in [-0.4, -0.2) is 119 Å². The predicted molar refractivity (Wildman–Crippen MR) is 472 cm³/mol. The molecule has 0 atom stereocenters. The van der Waals surface area contributed by atoms with Crippen LogP contribution in [0.25, 0.3) is 88.6 Å². The summed E-state index contributed by atoms with van der Waals surface area (Å²) < 4.78 is 118. The Morgan fingerprint density at radius 1 is 0.357 bits per heavy atom. The minimum Gasteiger partial charge on any atom is -0.475 e. The summed E-state index contributed by atoms with van der Waals surface area (Å²) in [5.74, 6) is -4.09. The second kappa shape index (κ2) is 39.9. The number of aliphatic carboxylic acids is 2. The number of pyridine rings is 4. The Morgan fingerprint density at radius 3 is 1.00 bits per heavy atom. The van der Waals surface area contributed by atoms with Crippen molar-refractivity contribution < 1.29 is 82.9 Å². The number of halogens is 10. The van der Waals surface area contributed by atoms with E-state index in [9.17, 15) is 63.1 Å². The number of amides is 8. The number of benzene rings is 8. The number of alkyl halides is 9. The van der Waals surface area contributed by atoms with Gasteiger partial charge in [-0.1, -0.05) is 72.8 Å². The van der Waals surface area contributed by atoms with Crippen LogP contribution in [0.5, 0.6) is 0 Å². The molecule has 0 aliphatic heterocycles. The number of nitrogens with zero attached hydrogens (tertiary/aromatic N) is 10. The second-order valence-electron chi connectivity index (χ2n) is 28.0. The topological polar surface area (TPSA) is 488 Å². The standard InChI is InChI=1S/C22H22N6O.C21H17F3N6O.C20H17FN6O.C20H18N6O.2C2HF3O2/c1-13-10-14(2)12-17(11-13)26-22(29)25-16-6-4-15(5-7-16)18-8-9-24-21-19(18)20(23)27-28(21)3;1-30-19-17(18(25)29-30)16(9-10-26-19)12-5-7-14(8-6-12)27-20(31)28-15-4-2-3-13(11-15)21(22,23)24;1-11-10-14(6-7-16(11)21)25-20(28)24-13-4-2-12(3-5-13)15-8-9-23-19-17(15)18(22)26-27-19;1-12-3-2-4-15(11-12)24-20(27)23-14-7-5-13(6-8-14)16-9-10-22-19-17(16)18(21)25-26-19;2*3-2(4,5)1(6)7/h4-12H,1-3H3,(H2,23,27)(H2,25,26,29);2-11H,1H3,(H2,25,29)(H2,27,28,31);2-10H,1H3,(H2,24,25,28)(H3,22,23,26,27);2-11H,1H3,(H2,23,24,27)(H3,21,22,25,26);2*(H,6,7). The Bertz CT molecular complexity index is 6740. The lowest BCUT2D eigenvalue weighted by Crippen LogP contribution is -2.21. The van der Waals surface area contributed by atoms with Gasteiger partial charge in [-0.2, -0.15) is 59.9 Å². The monoisotopic (exact) mass is 1770 g/mol. The van der Waals surface area contributed by atoms with Gasteiger partial charge in [-0.25, -0.2) is 62.5 Å². The molecule has 0 aliphatic rings. The van der Waals surface area contributed by atoms with E-state index >= 15 is 0 Å². The number of carbonyl (C=O) groups excluding carboxylic acids is 4. The molecule has 20 N–H and O–H groups in total. The Kier molecular flexibility index (Phi) is 28.6. The molecule has 662 valence electrons. The van der Waals surface area contributed by atoms with Crippen molar-refractivity contribution in [2.45, 2.75) is 46.2 Å². The van der Waals surface area contributed by atoms with E-state index < -0.39 is 48.1 Å². The highest BCUT2D eigenvalue weighted by Gasteiger charge is 2.39. The van der Waals surface area contributed by atoms with E-state index in [0.29, 0.717) is 74.2 Å². The Balaban J connectivity index is 0.000000158. The van der Waals surface area contributed by atoms with Gasteiger partial charge in [-0.15, -0.1) is 0 Å². The molecule has 0 bridgehead atoms. The van der Waals surface area contributed by atoms with Crippen LogP contribution in [0.4, 0.5) is 132 Å². The molecule has 16 aromatic rings. The number of carboxylic acids is 2. The summed E-state index contributed by atoms with van der Waals surface area (Å²) in [6, 6.07) is 57.6. The molecule has 42 heteroatoms. The van der Waals surface area contributed by atoms with Crippen molar-refractivity contribution in [2.75, 3.05) is 65.5 Å². The van der Waals surface area contributed by atoms with E-state index in [1.54, 1.807) is 90.6 Å². The van der Waals surface area contributed by atoms with Gasteiger partial charge in [0.2, 0.25) is 0 Å². The maximum absolute atomic E-state index is 13.3. The molecule has 0 aliphatic carbocycles. The van der Waals surface area contributed by atoms with Gasteiger partial charge in [0.05, 0.1) is 27.1 Å². The van der Waals surface area contributed by atoms with E-state index in [0.717, 1.165) is 112 Å². The molecular weight excluding hydrogens is 1700 g/mol. The number of aromatic amines is 2. The van der Waals surface area contributed by atoms with Crippen molar-refractivity contribution in [3.8, 4) is 44.5 Å². The van der Waals surface area contributed by atoms with E-state index in [-0.39, 0.29) is 23.6 Å². The number of H-pyrrole nitrogens is 2. The van der Waals surface area contributed by atoms with Gasteiger partial charge in [-0.05, 0) is 228 Å². The minimum absolute atomic E-state index is 0.0372. The molecule has 129 heavy (non-hydrogen) atoms. The smallest absolute Gasteiger partial charge is 0.475 e. The molecule has 0 saturated carbocycles. The van der Waals surface area contributed by atoms with Gasteiger partial charge < -0.3 is 75.7 Å². The lowest BCUT2D eigenvalue weighted by Gasteiger charge is -2.11. The number of hydrogen-bond acceptors (Lipinski definition) is 18. The number of urea groups is 4. The van der Waals surface area contributed by atoms with Gasteiger partial charge in [0.1, 0.15) is 17.5 Å². The summed E-state index contributed by atoms with van der Waals surface area (Å²) in [5, 5.41) is 61.2. The van der Waals surface area contributed by atoms with Gasteiger partial charge in [0.25, 0.3) is 0 Å². The maximum atomic E-state index is 13.3. The molecule has 0 fully saturated rings. The number of nitrogens with two attached hydrogens (primary N) is 4. The molecule has 0 radical (unpaired) electrons. The summed E-state index contributed by atoms with van der Waals surface area (Å²) in [7, 11) is 3.57. The average molecular weight is 1780 g/mol. The number of nitrogens with one attached hydrogen (secondary N) is 10. The number of aromatic nitrogens is 12. The predicted octanol–water partition coefficient (Wildman–Crippen LogP) is 19.1. The number of rotatable bonds is 12. The van der Waals surface area contributed by atoms with Crippen molar-refractivity contribution in [2.24, 2.45) is 14.1 Å². The average Bonchev–Trinajstić information content (AvgIpc) is 1.62. The van der Waals surface area contributed by atoms with Gasteiger partial charge >= 0.3 is 54.6 Å². The van der Waals surface area contributed by atoms with Gasteiger partial charge in [0, 0.05) is 84.4 Å². The molecule has 0 unspecified atom stereocenters. The number of carbonyl (C=O) groups is 6. The first kappa shape index (κ1) is 92.5. The zero-order valence-corrected chi connectivity index (χ0v) is 68.3. The minimum atomic E-state index is -5.08. The molecule has 8 heterocycles. The van der Waals surface area contributed by atoms with Crippen LogP contribution in [0.1, 0.15) is 27.8 Å². The summed E-state index contributed by atoms with van der Waals surface area (Å²) in [6.45, 7) is 7.62. The molecule has 16 rings (SSSR count). The molecule has 8 amide bonds. The molecule has 0 spiro atoms. The Morgan fingerprint density at radius 2 is 0.659 bits per heavy atom. The number of aryl methyl sites for hydroxylation is 6. The summed E-state index contributed by atoms with van der Waals surface area (Å²) in [5.41, 5.74) is 41.3. The second-order valence-corrected chi connectivity index (χ2v) is 28.0. The largest absolute Gasteiger partial charge is 0.490 e. The first-order valence-electron chi connectivity index (χ1n) is 37.9. The lowest BCUT2D eigenvalue weighted by atomic mass is 10.0. The van der Waals surface area contributed by atoms with Crippen LogP contribution in [-0.2, 0) is 29.9 Å². The highest BCUT2D eigenvalue weighted by molar-refractivity contribution is 6.06. The van der Waals surface area contributed by atoms with Crippen LogP contribution in [0, 0.1) is 33.5 Å². The number of carboxylic acid groups (broad SMARTS) is 2. The Hall–Kier alpha value is -17.2. The van der Waals surface area contributed by atoms with Gasteiger partial charge in [-0.3, -0.25) is 10.2 Å². The van der Waals surface area contributed by atoms with Crippen LogP contribution in [0.3, 0.4) is 0 Å². The highest BCUT2D eigenvalue weighted by Crippen LogP contribution is 2.37. The first-order valence-corrected chi connectivity index (χ1v) is 37.9. The lowest BCUT2D eigenvalue weighted by molar-refractivity contribution is -0.193. The molecule has 8 aromatic heterocycles. The SMILES string of the molecule is Cc1cc(C)cc(NC(=O)Nc2ccc(-c3ccnc4c3c(N)nn4C)cc2)c1.Cc1cc(NC(=O)Nc2ccc(-c3ccnc4n[nH]c(N)c34)cc2)ccc1F.Cc1cccc(NC(=O)Nc2ccc(-c3ccnc4n[nH]c(N)c34)cc2)c1.Cn1nc(N)c2c(-c3ccc(NC(=O)Nc4cccc(C(F)(F)F)c4)cc3)ccnc21.O=C(O)C(F)(F)F.O=C(O)C(F)(F)F. The maximum Gasteiger partial charge on any atom is 0.490 e. The third-order valence-corrected chi connectivity index (χ3v) is 18.4. The third-order valence-electron chi connectivity index (χ3n) is 18.4. The summed E-state index contributed by atoms with van der Waals surface area (Å²) in [4.78, 5) is 83.7. The normalized spacial score (nSPS) is 11.0. The first-order chi connectivity index (χ1) is 61.1.